The SMILES string of the molecule is C=CCCCC(NCCC)c1cc(C)nnc1CC. The molecule has 1 heterocycles. The topological polar surface area (TPSA) is 37.8 Å². The number of unbranched alkanes of at least 4 members (excludes halogenated alkanes) is 1. The maximum Gasteiger partial charge on any atom is 0.0676 e. The lowest BCUT2D eigenvalue weighted by molar-refractivity contribution is 0.480. The summed E-state index contributed by atoms with van der Waals surface area (Å²) in [5, 5.41) is 12.2. The van der Waals surface area contributed by atoms with Gasteiger partial charge in [-0.25, -0.2) is 0 Å². The second-order valence-electron chi connectivity index (χ2n) is 4.97. The Bertz CT molecular complexity index is 388. The predicted octanol–water partition coefficient (Wildman–Crippen LogP) is 3.74. The zero-order chi connectivity index (χ0) is 14.1. The second-order valence-corrected chi connectivity index (χ2v) is 4.97. The number of hydrogen-bond donors (Lipinski definition) is 1. The van der Waals surface area contributed by atoms with Crippen LogP contribution in [-0.2, 0) is 6.42 Å². The first kappa shape index (κ1) is 15.8. The van der Waals surface area contributed by atoms with E-state index in [4.69, 9.17) is 0 Å². The van der Waals surface area contributed by atoms with E-state index >= 15 is 0 Å². The van der Waals surface area contributed by atoms with E-state index in [0.29, 0.717) is 6.04 Å². The zero-order valence-electron chi connectivity index (χ0n) is 12.6. The molecule has 1 atom stereocenters. The van der Waals surface area contributed by atoms with Crippen LogP contribution in [-0.4, -0.2) is 16.7 Å². The van der Waals surface area contributed by atoms with Crippen molar-refractivity contribution >= 4 is 0 Å². The van der Waals surface area contributed by atoms with Gasteiger partial charge in [-0.05, 0) is 57.2 Å². The van der Waals surface area contributed by atoms with E-state index in [-0.39, 0.29) is 0 Å². The molecular formula is C16H27N3. The van der Waals surface area contributed by atoms with Gasteiger partial charge in [-0.15, -0.1) is 6.58 Å². The summed E-state index contributed by atoms with van der Waals surface area (Å²) in [6.45, 7) is 11.2. The van der Waals surface area contributed by atoms with Gasteiger partial charge >= 0.3 is 0 Å². The number of nitrogens with zero attached hydrogens (tertiary/aromatic N) is 2. The Hall–Kier alpha value is -1.22. The molecule has 1 unspecified atom stereocenters. The summed E-state index contributed by atoms with van der Waals surface area (Å²) in [6, 6.07) is 2.58. The van der Waals surface area contributed by atoms with E-state index in [2.05, 4.69) is 42.0 Å². The Kier molecular flexibility index (Phi) is 7.34. The van der Waals surface area contributed by atoms with Crippen LogP contribution in [0.1, 0.15) is 62.5 Å². The fourth-order valence-electron chi connectivity index (χ4n) is 2.26. The van der Waals surface area contributed by atoms with E-state index in [1.165, 1.54) is 5.56 Å². The summed E-state index contributed by atoms with van der Waals surface area (Å²) in [6.07, 6.45) is 7.45. The van der Waals surface area contributed by atoms with Crippen molar-refractivity contribution < 1.29 is 0 Å². The Morgan fingerprint density at radius 3 is 2.79 bits per heavy atom. The van der Waals surface area contributed by atoms with Crippen molar-refractivity contribution in [2.75, 3.05) is 6.54 Å². The van der Waals surface area contributed by atoms with Crippen molar-refractivity contribution in [2.24, 2.45) is 0 Å². The Labute approximate surface area is 117 Å². The molecule has 1 aromatic rings. The summed E-state index contributed by atoms with van der Waals surface area (Å²) >= 11 is 0. The highest BCUT2D eigenvalue weighted by Gasteiger charge is 2.15. The van der Waals surface area contributed by atoms with Crippen molar-refractivity contribution in [2.45, 2.75) is 58.9 Å². The van der Waals surface area contributed by atoms with Crippen LogP contribution in [0.15, 0.2) is 18.7 Å². The monoisotopic (exact) mass is 261 g/mol. The molecule has 19 heavy (non-hydrogen) atoms. The maximum absolute atomic E-state index is 4.34. The van der Waals surface area contributed by atoms with Gasteiger partial charge in [-0.1, -0.05) is 19.9 Å². The zero-order valence-corrected chi connectivity index (χ0v) is 12.6. The summed E-state index contributed by atoms with van der Waals surface area (Å²) in [5.74, 6) is 0. The molecular weight excluding hydrogens is 234 g/mol. The summed E-state index contributed by atoms with van der Waals surface area (Å²) in [7, 11) is 0. The molecule has 0 fully saturated rings. The highest BCUT2D eigenvalue weighted by atomic mass is 15.1. The molecule has 0 aliphatic heterocycles. The molecule has 1 rings (SSSR count). The summed E-state index contributed by atoms with van der Waals surface area (Å²) in [5.41, 5.74) is 3.45. The molecule has 0 aromatic carbocycles. The van der Waals surface area contributed by atoms with E-state index in [1.807, 2.05) is 13.0 Å². The minimum Gasteiger partial charge on any atom is -0.310 e. The minimum atomic E-state index is 0.393. The van der Waals surface area contributed by atoms with Gasteiger partial charge < -0.3 is 5.32 Å². The van der Waals surface area contributed by atoms with Gasteiger partial charge in [0, 0.05) is 6.04 Å². The van der Waals surface area contributed by atoms with E-state index < -0.39 is 0 Å². The fraction of sp³-hybridized carbons (Fsp3) is 0.625. The van der Waals surface area contributed by atoms with Crippen molar-refractivity contribution in [1.82, 2.24) is 15.5 Å². The highest BCUT2D eigenvalue weighted by molar-refractivity contribution is 5.24. The average Bonchev–Trinajstić information content (AvgIpc) is 2.42. The molecule has 0 aliphatic rings. The van der Waals surface area contributed by atoms with Gasteiger partial charge in [-0.2, -0.15) is 10.2 Å². The van der Waals surface area contributed by atoms with Gasteiger partial charge in [0.25, 0.3) is 0 Å². The van der Waals surface area contributed by atoms with Crippen LogP contribution in [0.5, 0.6) is 0 Å². The minimum absolute atomic E-state index is 0.393. The fourth-order valence-corrected chi connectivity index (χ4v) is 2.26. The van der Waals surface area contributed by atoms with Gasteiger partial charge in [0.15, 0.2) is 0 Å². The largest absolute Gasteiger partial charge is 0.310 e. The lowest BCUT2D eigenvalue weighted by atomic mass is 9.98. The second kappa shape index (κ2) is 8.81. The molecule has 0 saturated carbocycles. The third kappa shape index (κ3) is 5.11. The van der Waals surface area contributed by atoms with Crippen molar-refractivity contribution in [3.8, 4) is 0 Å². The quantitative estimate of drug-likeness (QED) is 0.543. The molecule has 3 heteroatoms. The van der Waals surface area contributed by atoms with E-state index in [0.717, 1.165) is 50.0 Å². The van der Waals surface area contributed by atoms with Crippen molar-refractivity contribution in [1.29, 1.82) is 0 Å². The van der Waals surface area contributed by atoms with Gasteiger partial charge in [0.2, 0.25) is 0 Å². The van der Waals surface area contributed by atoms with E-state index in [9.17, 15) is 0 Å². The third-order valence-corrected chi connectivity index (χ3v) is 3.28. The van der Waals surface area contributed by atoms with Gasteiger partial charge in [0.05, 0.1) is 11.4 Å². The normalized spacial score (nSPS) is 12.4. The van der Waals surface area contributed by atoms with Crippen LogP contribution in [0.3, 0.4) is 0 Å². The van der Waals surface area contributed by atoms with Crippen molar-refractivity contribution in [3.05, 3.63) is 35.7 Å². The van der Waals surface area contributed by atoms with Crippen LogP contribution < -0.4 is 5.32 Å². The van der Waals surface area contributed by atoms with Crippen LogP contribution in [0.4, 0.5) is 0 Å². The maximum atomic E-state index is 4.34. The van der Waals surface area contributed by atoms with Crippen LogP contribution >= 0.6 is 0 Å². The predicted molar refractivity (Wildman–Crippen MR) is 81.2 cm³/mol. The smallest absolute Gasteiger partial charge is 0.0676 e. The molecule has 1 aromatic heterocycles. The third-order valence-electron chi connectivity index (χ3n) is 3.28. The van der Waals surface area contributed by atoms with Crippen LogP contribution in [0.2, 0.25) is 0 Å². The number of nitrogens with one attached hydrogen (secondary N) is 1. The van der Waals surface area contributed by atoms with Crippen LogP contribution in [0, 0.1) is 6.92 Å². The number of allylic oxidation sites excluding steroid dienone is 1. The Balaban J connectivity index is 2.87. The molecule has 0 spiro atoms. The first-order chi connectivity index (χ1) is 9.22. The van der Waals surface area contributed by atoms with Gasteiger partial charge in [0.1, 0.15) is 0 Å². The number of aryl methyl sites for hydroxylation is 2. The molecule has 0 saturated heterocycles. The summed E-state index contributed by atoms with van der Waals surface area (Å²) in [4.78, 5) is 0. The molecule has 3 nitrogen and oxygen atoms in total. The molecule has 1 N–H and O–H groups in total. The first-order valence-corrected chi connectivity index (χ1v) is 7.40. The Morgan fingerprint density at radius 1 is 1.37 bits per heavy atom. The number of rotatable bonds is 9. The van der Waals surface area contributed by atoms with Crippen LogP contribution in [0.25, 0.3) is 0 Å². The van der Waals surface area contributed by atoms with Crippen molar-refractivity contribution in [3.63, 3.8) is 0 Å². The molecule has 0 radical (unpaired) electrons. The Morgan fingerprint density at radius 2 is 2.16 bits per heavy atom. The standard InChI is InChI=1S/C16H27N3/c1-5-8-9-10-16(17-11-6-2)14-12-13(4)18-19-15(14)7-3/h5,12,16-17H,1,6-11H2,2-4H3. The highest BCUT2D eigenvalue weighted by Crippen LogP contribution is 2.23. The average molecular weight is 261 g/mol. The number of hydrogen-bond acceptors (Lipinski definition) is 3. The molecule has 0 aliphatic carbocycles. The molecule has 0 bridgehead atoms. The first-order valence-electron chi connectivity index (χ1n) is 7.40. The van der Waals surface area contributed by atoms with E-state index in [1.54, 1.807) is 0 Å². The van der Waals surface area contributed by atoms with Gasteiger partial charge in [-0.3, -0.25) is 0 Å². The lowest BCUT2D eigenvalue weighted by Gasteiger charge is -2.21. The summed E-state index contributed by atoms with van der Waals surface area (Å²) < 4.78 is 0. The lowest BCUT2D eigenvalue weighted by Crippen LogP contribution is -2.24. The number of aromatic nitrogens is 2. The molecule has 106 valence electrons. The molecule has 0 amide bonds.